The highest BCUT2D eigenvalue weighted by Crippen LogP contribution is 2.06. The van der Waals surface area contributed by atoms with Gasteiger partial charge in [0.2, 0.25) is 0 Å². The van der Waals surface area contributed by atoms with Gasteiger partial charge in [-0.25, -0.2) is 0 Å². The lowest BCUT2D eigenvalue weighted by Crippen LogP contribution is -2.42. The number of carbonyl (C=O) groups excluding carboxylic acids is 1. The SMILES string of the molecule is CCNC(COC(C)C(C)C)C(=O)OCC. The average Bonchev–Trinajstić information content (AvgIpc) is 2.23. The van der Waals surface area contributed by atoms with Crippen molar-refractivity contribution in [3.63, 3.8) is 0 Å². The number of nitrogens with one attached hydrogen (secondary N) is 1. The van der Waals surface area contributed by atoms with E-state index in [1.165, 1.54) is 0 Å². The fraction of sp³-hybridized carbons (Fsp3) is 0.917. The topological polar surface area (TPSA) is 47.6 Å². The van der Waals surface area contributed by atoms with E-state index in [9.17, 15) is 4.79 Å². The molecule has 0 aromatic carbocycles. The Kier molecular flexibility index (Phi) is 8.21. The van der Waals surface area contributed by atoms with Gasteiger partial charge in [-0.15, -0.1) is 0 Å². The van der Waals surface area contributed by atoms with Crippen molar-refractivity contribution >= 4 is 5.97 Å². The summed E-state index contributed by atoms with van der Waals surface area (Å²) < 4.78 is 10.6. The molecule has 2 atom stereocenters. The first-order valence-corrected chi connectivity index (χ1v) is 6.04. The molecule has 0 aliphatic carbocycles. The van der Waals surface area contributed by atoms with Crippen LogP contribution in [0.15, 0.2) is 0 Å². The Balaban J connectivity index is 4.07. The smallest absolute Gasteiger partial charge is 0.325 e. The van der Waals surface area contributed by atoms with E-state index in [2.05, 4.69) is 19.2 Å². The Morgan fingerprint density at radius 2 is 1.88 bits per heavy atom. The molecule has 0 spiro atoms. The minimum atomic E-state index is -0.355. The largest absolute Gasteiger partial charge is 0.465 e. The van der Waals surface area contributed by atoms with E-state index >= 15 is 0 Å². The Morgan fingerprint density at radius 3 is 2.31 bits per heavy atom. The van der Waals surface area contributed by atoms with Crippen LogP contribution in [0.25, 0.3) is 0 Å². The Morgan fingerprint density at radius 1 is 1.25 bits per heavy atom. The molecule has 0 radical (unpaired) electrons. The monoisotopic (exact) mass is 231 g/mol. The second-order valence-corrected chi connectivity index (χ2v) is 4.14. The lowest BCUT2D eigenvalue weighted by molar-refractivity contribution is -0.148. The van der Waals surface area contributed by atoms with Crippen LogP contribution < -0.4 is 5.32 Å². The van der Waals surface area contributed by atoms with Gasteiger partial charge in [0.05, 0.1) is 19.3 Å². The molecule has 0 bridgehead atoms. The molecule has 16 heavy (non-hydrogen) atoms. The van der Waals surface area contributed by atoms with Crippen LogP contribution in [-0.2, 0) is 14.3 Å². The summed E-state index contributed by atoms with van der Waals surface area (Å²) in [4.78, 5) is 11.6. The van der Waals surface area contributed by atoms with Gasteiger partial charge in [0.1, 0.15) is 6.04 Å². The summed E-state index contributed by atoms with van der Waals surface area (Å²) in [5, 5.41) is 3.06. The summed E-state index contributed by atoms with van der Waals surface area (Å²) >= 11 is 0. The Bertz CT molecular complexity index is 195. The molecule has 0 aliphatic rings. The molecular formula is C12H25NO3. The van der Waals surface area contributed by atoms with Crippen molar-refractivity contribution in [2.75, 3.05) is 19.8 Å². The van der Waals surface area contributed by atoms with E-state index < -0.39 is 0 Å². The van der Waals surface area contributed by atoms with Crippen LogP contribution in [-0.4, -0.2) is 37.9 Å². The van der Waals surface area contributed by atoms with E-state index in [4.69, 9.17) is 9.47 Å². The van der Waals surface area contributed by atoms with Gasteiger partial charge in [-0.05, 0) is 26.3 Å². The number of ether oxygens (including phenoxy) is 2. The van der Waals surface area contributed by atoms with Gasteiger partial charge in [0.25, 0.3) is 0 Å². The normalized spacial score (nSPS) is 14.9. The number of carbonyl (C=O) groups is 1. The highest BCUT2D eigenvalue weighted by atomic mass is 16.5. The fourth-order valence-electron chi connectivity index (χ4n) is 1.14. The van der Waals surface area contributed by atoms with Crippen LogP contribution in [0.1, 0.15) is 34.6 Å². The second-order valence-electron chi connectivity index (χ2n) is 4.14. The molecule has 0 aromatic rings. The predicted molar refractivity (Wildman–Crippen MR) is 64.3 cm³/mol. The molecule has 96 valence electrons. The van der Waals surface area contributed by atoms with Crippen LogP contribution >= 0.6 is 0 Å². The number of hydrogen-bond acceptors (Lipinski definition) is 4. The van der Waals surface area contributed by atoms with Crippen LogP contribution in [0.2, 0.25) is 0 Å². The average molecular weight is 231 g/mol. The van der Waals surface area contributed by atoms with Gasteiger partial charge in [-0.2, -0.15) is 0 Å². The zero-order chi connectivity index (χ0) is 12.6. The standard InChI is InChI=1S/C12H25NO3/c1-6-13-11(12(14)15-7-2)8-16-10(5)9(3)4/h9-11,13H,6-8H2,1-5H3. The van der Waals surface area contributed by atoms with Crippen molar-refractivity contribution in [2.45, 2.75) is 46.8 Å². The van der Waals surface area contributed by atoms with Crippen LogP contribution in [0.3, 0.4) is 0 Å². The lowest BCUT2D eigenvalue weighted by atomic mass is 10.1. The maximum Gasteiger partial charge on any atom is 0.325 e. The Hall–Kier alpha value is -0.610. The van der Waals surface area contributed by atoms with Gasteiger partial charge in [-0.1, -0.05) is 20.8 Å². The third kappa shape index (κ3) is 6.08. The molecule has 1 N–H and O–H groups in total. The summed E-state index contributed by atoms with van der Waals surface area (Å²) in [5.41, 5.74) is 0. The molecular weight excluding hydrogens is 206 g/mol. The first kappa shape index (κ1) is 15.4. The third-order valence-electron chi connectivity index (χ3n) is 2.49. The molecule has 2 unspecified atom stereocenters. The van der Waals surface area contributed by atoms with Gasteiger partial charge in [-0.3, -0.25) is 4.79 Å². The summed E-state index contributed by atoms with van der Waals surface area (Å²) in [6, 6.07) is -0.355. The zero-order valence-electron chi connectivity index (χ0n) is 11.1. The van der Waals surface area contributed by atoms with E-state index in [1.54, 1.807) is 6.92 Å². The van der Waals surface area contributed by atoms with Crippen molar-refractivity contribution in [3.05, 3.63) is 0 Å². The third-order valence-corrected chi connectivity index (χ3v) is 2.49. The zero-order valence-corrected chi connectivity index (χ0v) is 11.1. The number of likely N-dealkylation sites (N-methyl/N-ethyl adjacent to an activating group) is 1. The summed E-state index contributed by atoms with van der Waals surface area (Å²) in [6.45, 7) is 11.5. The molecule has 0 rings (SSSR count). The maximum atomic E-state index is 11.6. The molecule has 0 aromatic heterocycles. The first-order valence-electron chi connectivity index (χ1n) is 6.04. The van der Waals surface area contributed by atoms with Gasteiger partial charge in [0, 0.05) is 0 Å². The molecule has 0 fully saturated rings. The van der Waals surface area contributed by atoms with Crippen molar-refractivity contribution in [2.24, 2.45) is 5.92 Å². The molecule has 4 nitrogen and oxygen atoms in total. The van der Waals surface area contributed by atoms with Crippen molar-refractivity contribution in [1.29, 1.82) is 0 Å². The van der Waals surface area contributed by atoms with Gasteiger partial charge in [0.15, 0.2) is 0 Å². The number of hydrogen-bond donors (Lipinski definition) is 1. The quantitative estimate of drug-likeness (QED) is 0.644. The highest BCUT2D eigenvalue weighted by Gasteiger charge is 2.20. The van der Waals surface area contributed by atoms with Gasteiger partial charge >= 0.3 is 5.97 Å². The van der Waals surface area contributed by atoms with Crippen molar-refractivity contribution in [3.8, 4) is 0 Å². The van der Waals surface area contributed by atoms with E-state index in [0.29, 0.717) is 19.1 Å². The number of rotatable bonds is 8. The molecule has 4 heteroatoms. The minimum absolute atomic E-state index is 0.149. The van der Waals surface area contributed by atoms with Crippen molar-refractivity contribution in [1.82, 2.24) is 5.32 Å². The fourth-order valence-corrected chi connectivity index (χ4v) is 1.14. The van der Waals surface area contributed by atoms with E-state index in [1.807, 2.05) is 13.8 Å². The second kappa shape index (κ2) is 8.53. The molecule has 0 amide bonds. The van der Waals surface area contributed by atoms with Crippen molar-refractivity contribution < 1.29 is 14.3 Å². The van der Waals surface area contributed by atoms with E-state index in [0.717, 1.165) is 6.54 Å². The first-order chi connectivity index (χ1) is 7.52. The highest BCUT2D eigenvalue weighted by molar-refractivity contribution is 5.75. The molecule has 0 saturated carbocycles. The lowest BCUT2D eigenvalue weighted by Gasteiger charge is -2.21. The molecule has 0 heterocycles. The van der Waals surface area contributed by atoms with E-state index in [-0.39, 0.29) is 18.1 Å². The van der Waals surface area contributed by atoms with Crippen LogP contribution in [0, 0.1) is 5.92 Å². The maximum absolute atomic E-state index is 11.6. The van der Waals surface area contributed by atoms with Crippen LogP contribution in [0.4, 0.5) is 0 Å². The molecule has 0 saturated heterocycles. The summed E-state index contributed by atoms with van der Waals surface area (Å²) in [7, 11) is 0. The minimum Gasteiger partial charge on any atom is -0.465 e. The predicted octanol–water partition coefficient (Wildman–Crippen LogP) is 1.59. The van der Waals surface area contributed by atoms with Crippen LogP contribution in [0.5, 0.6) is 0 Å². The summed E-state index contributed by atoms with van der Waals surface area (Å²) in [6.07, 6.45) is 0.149. The summed E-state index contributed by atoms with van der Waals surface area (Å²) in [5.74, 6) is 0.213. The number of esters is 1. The Labute approximate surface area is 98.7 Å². The van der Waals surface area contributed by atoms with Gasteiger partial charge < -0.3 is 14.8 Å². The molecule has 0 aliphatic heterocycles.